The zero-order chi connectivity index (χ0) is 14.9. The fourth-order valence-electron chi connectivity index (χ4n) is 2.04. The van der Waals surface area contributed by atoms with E-state index < -0.39 is 6.10 Å². The van der Waals surface area contributed by atoms with Crippen molar-refractivity contribution in [3.8, 4) is 0 Å². The van der Waals surface area contributed by atoms with Crippen LogP contribution in [0.5, 0.6) is 0 Å². The van der Waals surface area contributed by atoms with Crippen LogP contribution in [-0.2, 0) is 6.54 Å². The molecule has 1 atom stereocenters. The standard InChI is InChI=1S/C14H14Cl3NOS/c1-18(2)7-8-5-3-4-6-9(8)12(19)10-11(15)14(17)20-13(10)16/h3-6,12,19H,7H2,1-2H3. The van der Waals surface area contributed by atoms with Crippen LogP contribution in [0.3, 0.4) is 0 Å². The van der Waals surface area contributed by atoms with Crippen molar-refractivity contribution >= 4 is 46.1 Å². The molecule has 1 aromatic carbocycles. The summed E-state index contributed by atoms with van der Waals surface area (Å²) < 4.78 is 0.822. The molecule has 0 saturated heterocycles. The summed E-state index contributed by atoms with van der Waals surface area (Å²) >= 11 is 19.4. The number of hydrogen-bond donors (Lipinski definition) is 1. The summed E-state index contributed by atoms with van der Waals surface area (Å²) in [6.45, 7) is 0.723. The van der Waals surface area contributed by atoms with Gasteiger partial charge >= 0.3 is 0 Å². The molecule has 0 aliphatic rings. The van der Waals surface area contributed by atoms with Gasteiger partial charge in [0.25, 0.3) is 0 Å². The first-order chi connectivity index (χ1) is 9.41. The van der Waals surface area contributed by atoms with Crippen molar-refractivity contribution < 1.29 is 5.11 Å². The second-order valence-electron chi connectivity index (χ2n) is 4.72. The Labute approximate surface area is 137 Å². The topological polar surface area (TPSA) is 23.5 Å². The van der Waals surface area contributed by atoms with Crippen molar-refractivity contribution in [1.82, 2.24) is 4.90 Å². The molecule has 1 heterocycles. The van der Waals surface area contributed by atoms with E-state index in [0.29, 0.717) is 19.3 Å². The number of aliphatic hydroxyl groups is 1. The molecule has 2 aromatic rings. The largest absolute Gasteiger partial charge is 0.384 e. The molecule has 0 aliphatic carbocycles. The minimum atomic E-state index is -0.880. The smallest absolute Gasteiger partial charge is 0.113 e. The van der Waals surface area contributed by atoms with E-state index >= 15 is 0 Å². The van der Waals surface area contributed by atoms with Crippen LogP contribution in [0.25, 0.3) is 0 Å². The van der Waals surface area contributed by atoms with Gasteiger partial charge in [0.05, 0.1) is 5.02 Å². The summed E-state index contributed by atoms with van der Waals surface area (Å²) in [6.07, 6.45) is -0.880. The van der Waals surface area contributed by atoms with Crippen LogP contribution in [0, 0.1) is 0 Å². The molecule has 0 aliphatic heterocycles. The summed E-state index contributed by atoms with van der Waals surface area (Å²) in [4.78, 5) is 2.04. The minimum absolute atomic E-state index is 0.328. The lowest BCUT2D eigenvalue weighted by atomic mass is 9.98. The molecule has 108 valence electrons. The van der Waals surface area contributed by atoms with Gasteiger partial charge in [-0.15, -0.1) is 11.3 Å². The van der Waals surface area contributed by atoms with E-state index in [1.807, 2.05) is 43.3 Å². The van der Waals surface area contributed by atoms with E-state index in [9.17, 15) is 5.11 Å². The normalized spacial score (nSPS) is 12.9. The number of halogens is 3. The first kappa shape index (κ1) is 16.1. The Kier molecular flexibility index (Phi) is 5.35. The van der Waals surface area contributed by atoms with Gasteiger partial charge in [0.15, 0.2) is 0 Å². The number of thiophene rings is 1. The van der Waals surface area contributed by atoms with Gasteiger partial charge in [0.2, 0.25) is 0 Å². The zero-order valence-corrected chi connectivity index (χ0v) is 14.1. The highest BCUT2D eigenvalue weighted by Crippen LogP contribution is 2.45. The first-order valence-corrected chi connectivity index (χ1v) is 7.90. The van der Waals surface area contributed by atoms with E-state index in [2.05, 4.69) is 0 Å². The van der Waals surface area contributed by atoms with Gasteiger partial charge in [0, 0.05) is 12.1 Å². The molecule has 0 spiro atoms. The molecule has 20 heavy (non-hydrogen) atoms. The maximum atomic E-state index is 10.6. The van der Waals surface area contributed by atoms with E-state index in [4.69, 9.17) is 34.8 Å². The predicted octanol–water partition coefficient (Wildman–Crippen LogP) is 4.85. The lowest BCUT2D eigenvalue weighted by Gasteiger charge is -2.18. The molecule has 2 nitrogen and oxygen atoms in total. The van der Waals surface area contributed by atoms with Crippen LogP contribution >= 0.6 is 46.1 Å². The quantitative estimate of drug-likeness (QED) is 0.852. The summed E-state index contributed by atoms with van der Waals surface area (Å²) in [5.41, 5.74) is 2.30. The number of nitrogens with zero attached hydrogens (tertiary/aromatic N) is 1. The number of aliphatic hydroxyl groups excluding tert-OH is 1. The monoisotopic (exact) mass is 349 g/mol. The lowest BCUT2D eigenvalue weighted by Crippen LogP contribution is -2.14. The SMILES string of the molecule is CN(C)Cc1ccccc1C(O)c1c(Cl)sc(Cl)c1Cl. The lowest BCUT2D eigenvalue weighted by molar-refractivity contribution is 0.218. The van der Waals surface area contributed by atoms with Crippen molar-refractivity contribution in [1.29, 1.82) is 0 Å². The number of benzene rings is 1. The van der Waals surface area contributed by atoms with Crippen LogP contribution in [-0.4, -0.2) is 24.1 Å². The molecule has 0 amide bonds. The van der Waals surface area contributed by atoms with Crippen LogP contribution in [0.4, 0.5) is 0 Å². The fraction of sp³-hybridized carbons (Fsp3) is 0.286. The Morgan fingerprint density at radius 1 is 1.15 bits per heavy atom. The second-order valence-corrected chi connectivity index (χ2v) is 7.32. The van der Waals surface area contributed by atoms with Crippen molar-refractivity contribution in [3.63, 3.8) is 0 Å². The predicted molar refractivity (Wildman–Crippen MR) is 87.2 cm³/mol. The molecule has 1 aromatic heterocycles. The van der Waals surface area contributed by atoms with Gasteiger partial charge in [-0.3, -0.25) is 0 Å². The molecule has 6 heteroatoms. The molecule has 0 fully saturated rings. The minimum Gasteiger partial charge on any atom is -0.384 e. The number of rotatable bonds is 4. The zero-order valence-electron chi connectivity index (χ0n) is 11.0. The van der Waals surface area contributed by atoms with E-state index in [0.717, 1.165) is 17.7 Å². The van der Waals surface area contributed by atoms with Crippen molar-refractivity contribution in [2.24, 2.45) is 0 Å². The van der Waals surface area contributed by atoms with Crippen LogP contribution < -0.4 is 0 Å². The number of hydrogen-bond acceptors (Lipinski definition) is 3. The Morgan fingerprint density at radius 2 is 1.80 bits per heavy atom. The molecular weight excluding hydrogens is 337 g/mol. The third-order valence-electron chi connectivity index (χ3n) is 2.91. The summed E-state index contributed by atoms with van der Waals surface area (Å²) in [7, 11) is 3.95. The molecular formula is C14H14Cl3NOS. The Hall–Kier alpha value is -0.290. The highest BCUT2D eigenvalue weighted by atomic mass is 35.5. The third kappa shape index (κ3) is 3.30. The average Bonchev–Trinajstić information content (AvgIpc) is 2.62. The molecule has 1 N–H and O–H groups in total. The Morgan fingerprint density at radius 3 is 2.35 bits per heavy atom. The van der Waals surface area contributed by atoms with Gasteiger partial charge in [-0.1, -0.05) is 59.1 Å². The fourth-order valence-corrected chi connectivity index (χ4v) is 4.02. The summed E-state index contributed by atoms with van der Waals surface area (Å²) in [6, 6.07) is 7.68. The summed E-state index contributed by atoms with van der Waals surface area (Å²) in [5, 5.41) is 10.9. The maximum absolute atomic E-state index is 10.6. The molecule has 2 rings (SSSR count). The van der Waals surface area contributed by atoms with Gasteiger partial charge in [-0.05, 0) is 25.2 Å². The van der Waals surface area contributed by atoms with Gasteiger partial charge < -0.3 is 10.0 Å². The molecule has 1 unspecified atom stereocenters. The van der Waals surface area contributed by atoms with E-state index in [-0.39, 0.29) is 0 Å². The first-order valence-electron chi connectivity index (χ1n) is 5.95. The molecule has 0 saturated carbocycles. The van der Waals surface area contributed by atoms with Crippen LogP contribution in [0.15, 0.2) is 24.3 Å². The van der Waals surface area contributed by atoms with Crippen molar-refractivity contribution in [3.05, 3.63) is 54.7 Å². The van der Waals surface area contributed by atoms with Crippen molar-refractivity contribution in [2.75, 3.05) is 14.1 Å². The van der Waals surface area contributed by atoms with E-state index in [1.165, 1.54) is 11.3 Å². The third-order valence-corrected chi connectivity index (χ3v) is 5.15. The molecule has 0 radical (unpaired) electrons. The Balaban J connectivity index is 2.45. The van der Waals surface area contributed by atoms with Gasteiger partial charge in [0.1, 0.15) is 14.8 Å². The highest BCUT2D eigenvalue weighted by Gasteiger charge is 2.24. The maximum Gasteiger partial charge on any atom is 0.113 e. The highest BCUT2D eigenvalue weighted by molar-refractivity contribution is 7.20. The van der Waals surface area contributed by atoms with Crippen LogP contribution in [0.2, 0.25) is 13.7 Å². The van der Waals surface area contributed by atoms with Gasteiger partial charge in [-0.25, -0.2) is 0 Å². The van der Waals surface area contributed by atoms with Gasteiger partial charge in [-0.2, -0.15) is 0 Å². The Bertz CT molecular complexity index is 612. The van der Waals surface area contributed by atoms with Crippen molar-refractivity contribution in [2.45, 2.75) is 12.6 Å². The van der Waals surface area contributed by atoms with E-state index in [1.54, 1.807) is 0 Å². The average molecular weight is 351 g/mol. The second kappa shape index (κ2) is 6.65. The summed E-state index contributed by atoms with van der Waals surface area (Å²) in [5.74, 6) is 0. The van der Waals surface area contributed by atoms with Crippen LogP contribution in [0.1, 0.15) is 22.8 Å². The molecule has 0 bridgehead atoms.